The molecular formula is C21H22N4O6. The molecular weight excluding hydrogens is 404 g/mol. The average molecular weight is 426 g/mol. The number of urea groups is 1. The summed E-state index contributed by atoms with van der Waals surface area (Å²) in [6, 6.07) is 10.4. The van der Waals surface area contributed by atoms with Crippen LogP contribution in [0.3, 0.4) is 0 Å². The van der Waals surface area contributed by atoms with E-state index in [4.69, 9.17) is 9.47 Å². The second-order valence-electron chi connectivity index (χ2n) is 6.70. The Labute approximate surface area is 178 Å². The van der Waals surface area contributed by atoms with Crippen molar-refractivity contribution in [3.63, 3.8) is 0 Å². The first-order valence-corrected chi connectivity index (χ1v) is 9.36. The fourth-order valence-corrected chi connectivity index (χ4v) is 3.09. The van der Waals surface area contributed by atoms with Gasteiger partial charge in [-0.3, -0.25) is 14.4 Å². The van der Waals surface area contributed by atoms with E-state index in [1.165, 1.54) is 33.3 Å². The van der Waals surface area contributed by atoms with Crippen LogP contribution in [0.25, 0.3) is 0 Å². The summed E-state index contributed by atoms with van der Waals surface area (Å²) in [6.45, 7) is 1.26. The van der Waals surface area contributed by atoms with E-state index in [0.717, 1.165) is 4.90 Å². The van der Waals surface area contributed by atoms with Gasteiger partial charge in [0.1, 0.15) is 5.92 Å². The highest BCUT2D eigenvalue weighted by Gasteiger charge is 2.39. The molecule has 1 saturated heterocycles. The molecule has 1 aliphatic rings. The number of hydrogen-bond acceptors (Lipinski definition) is 6. The van der Waals surface area contributed by atoms with Gasteiger partial charge in [0.05, 0.1) is 19.9 Å². The highest BCUT2D eigenvalue weighted by atomic mass is 16.5. The number of methoxy groups -OCH3 is 2. The van der Waals surface area contributed by atoms with Crippen LogP contribution in [0.15, 0.2) is 42.5 Å². The number of anilines is 3. The van der Waals surface area contributed by atoms with Gasteiger partial charge in [-0.25, -0.2) is 9.69 Å². The summed E-state index contributed by atoms with van der Waals surface area (Å²) in [5, 5.41) is 7.84. The SMILES string of the molecule is COc1ccc(N2C(=O)NCC(C(=O)Nc3ccc(NC(C)=O)cc3)C2=O)cc1OC. The summed E-state index contributed by atoms with van der Waals surface area (Å²) in [6.07, 6.45) is 0. The molecule has 0 saturated carbocycles. The zero-order chi connectivity index (χ0) is 22.5. The number of carbonyl (C=O) groups excluding carboxylic acids is 4. The number of amides is 5. The van der Waals surface area contributed by atoms with Gasteiger partial charge >= 0.3 is 6.03 Å². The quantitative estimate of drug-likeness (QED) is 0.607. The fraction of sp³-hybridized carbons (Fsp3) is 0.238. The van der Waals surface area contributed by atoms with E-state index in [1.807, 2.05) is 0 Å². The van der Waals surface area contributed by atoms with Gasteiger partial charge in [0, 0.05) is 30.9 Å². The Morgan fingerprint density at radius 1 is 0.968 bits per heavy atom. The molecule has 1 unspecified atom stereocenters. The van der Waals surface area contributed by atoms with Gasteiger partial charge in [-0.05, 0) is 36.4 Å². The first-order valence-electron chi connectivity index (χ1n) is 9.36. The van der Waals surface area contributed by atoms with Crippen LogP contribution in [-0.2, 0) is 14.4 Å². The van der Waals surface area contributed by atoms with Crippen LogP contribution in [0.1, 0.15) is 6.92 Å². The van der Waals surface area contributed by atoms with Crippen molar-refractivity contribution < 1.29 is 28.7 Å². The van der Waals surface area contributed by atoms with E-state index < -0.39 is 23.8 Å². The summed E-state index contributed by atoms with van der Waals surface area (Å²) in [7, 11) is 2.91. The minimum Gasteiger partial charge on any atom is -0.493 e. The zero-order valence-electron chi connectivity index (χ0n) is 17.2. The van der Waals surface area contributed by atoms with Gasteiger partial charge in [0.2, 0.25) is 17.7 Å². The molecule has 0 bridgehead atoms. The van der Waals surface area contributed by atoms with Crippen molar-refractivity contribution in [3.8, 4) is 11.5 Å². The highest BCUT2D eigenvalue weighted by Crippen LogP contribution is 2.32. The minimum absolute atomic E-state index is 0.128. The first kappa shape index (κ1) is 21.6. The number of hydrogen-bond donors (Lipinski definition) is 3. The molecule has 2 aromatic carbocycles. The summed E-state index contributed by atoms with van der Waals surface area (Å²) in [5.41, 5.74) is 1.27. The van der Waals surface area contributed by atoms with Crippen molar-refractivity contribution in [1.82, 2.24) is 5.32 Å². The molecule has 10 heteroatoms. The number of nitrogens with zero attached hydrogens (tertiary/aromatic N) is 1. The van der Waals surface area contributed by atoms with Crippen molar-refractivity contribution in [2.45, 2.75) is 6.92 Å². The molecule has 0 radical (unpaired) electrons. The van der Waals surface area contributed by atoms with Gasteiger partial charge in [0.25, 0.3) is 0 Å². The Morgan fingerprint density at radius 2 is 1.58 bits per heavy atom. The van der Waals surface area contributed by atoms with Gasteiger partial charge in [-0.2, -0.15) is 0 Å². The number of nitrogens with one attached hydrogen (secondary N) is 3. The number of ether oxygens (including phenoxy) is 2. The van der Waals surface area contributed by atoms with Crippen LogP contribution in [0.5, 0.6) is 11.5 Å². The predicted octanol–water partition coefficient (Wildman–Crippen LogP) is 1.97. The van der Waals surface area contributed by atoms with Crippen LogP contribution >= 0.6 is 0 Å². The summed E-state index contributed by atoms with van der Waals surface area (Å²) >= 11 is 0. The zero-order valence-corrected chi connectivity index (χ0v) is 17.2. The molecule has 2 aromatic rings. The summed E-state index contributed by atoms with van der Waals surface area (Å²) in [5.74, 6) is -1.79. The molecule has 1 heterocycles. The third kappa shape index (κ3) is 4.74. The maximum absolute atomic E-state index is 13.0. The Balaban J connectivity index is 1.77. The predicted molar refractivity (Wildman–Crippen MR) is 113 cm³/mol. The van der Waals surface area contributed by atoms with Crippen LogP contribution in [0.4, 0.5) is 21.9 Å². The van der Waals surface area contributed by atoms with E-state index >= 15 is 0 Å². The molecule has 31 heavy (non-hydrogen) atoms. The Kier molecular flexibility index (Phi) is 6.39. The first-order chi connectivity index (χ1) is 14.8. The lowest BCUT2D eigenvalue weighted by Gasteiger charge is -2.31. The van der Waals surface area contributed by atoms with Crippen molar-refractivity contribution >= 4 is 40.8 Å². The van der Waals surface area contributed by atoms with Crippen molar-refractivity contribution in [1.29, 1.82) is 0 Å². The molecule has 1 atom stereocenters. The van der Waals surface area contributed by atoms with Gasteiger partial charge in [0.15, 0.2) is 11.5 Å². The minimum atomic E-state index is -1.12. The van der Waals surface area contributed by atoms with E-state index in [0.29, 0.717) is 22.9 Å². The van der Waals surface area contributed by atoms with Crippen molar-refractivity contribution in [2.24, 2.45) is 5.92 Å². The molecule has 3 rings (SSSR count). The molecule has 0 aliphatic carbocycles. The Morgan fingerprint density at radius 3 is 2.16 bits per heavy atom. The molecule has 10 nitrogen and oxygen atoms in total. The van der Waals surface area contributed by atoms with E-state index in [9.17, 15) is 19.2 Å². The molecule has 5 amide bonds. The number of benzene rings is 2. The average Bonchev–Trinajstić information content (AvgIpc) is 2.74. The maximum atomic E-state index is 13.0. The maximum Gasteiger partial charge on any atom is 0.328 e. The standard InChI is InChI=1S/C21H22N4O6/c1-12(26)23-13-4-6-14(7-5-13)24-19(27)16-11-22-21(29)25(20(16)28)15-8-9-17(30-2)18(10-15)31-3/h4-10,16H,11H2,1-3H3,(H,22,29)(H,23,26)(H,24,27). The summed E-state index contributed by atoms with van der Waals surface area (Å²) in [4.78, 5) is 50.1. The van der Waals surface area contributed by atoms with Crippen molar-refractivity contribution in [3.05, 3.63) is 42.5 Å². The Hall–Kier alpha value is -4.08. The fourth-order valence-electron chi connectivity index (χ4n) is 3.09. The van der Waals surface area contributed by atoms with Crippen LogP contribution in [0, 0.1) is 5.92 Å². The molecule has 162 valence electrons. The van der Waals surface area contributed by atoms with E-state index in [2.05, 4.69) is 16.0 Å². The lowest BCUT2D eigenvalue weighted by atomic mass is 10.0. The van der Waals surface area contributed by atoms with Gasteiger partial charge in [-0.1, -0.05) is 0 Å². The Bertz CT molecular complexity index is 1020. The van der Waals surface area contributed by atoms with Crippen molar-refractivity contribution in [2.75, 3.05) is 36.3 Å². The number of carbonyl (C=O) groups is 4. The van der Waals surface area contributed by atoms with Crippen LogP contribution in [-0.4, -0.2) is 44.5 Å². The van der Waals surface area contributed by atoms with E-state index in [-0.39, 0.29) is 18.1 Å². The monoisotopic (exact) mass is 426 g/mol. The van der Waals surface area contributed by atoms with Gasteiger partial charge < -0.3 is 25.4 Å². The lowest BCUT2D eigenvalue weighted by Crippen LogP contribution is -2.58. The molecule has 0 aromatic heterocycles. The molecule has 1 fully saturated rings. The van der Waals surface area contributed by atoms with Crippen LogP contribution in [0.2, 0.25) is 0 Å². The number of imide groups is 1. The third-order valence-electron chi connectivity index (χ3n) is 4.59. The largest absolute Gasteiger partial charge is 0.493 e. The van der Waals surface area contributed by atoms with E-state index in [1.54, 1.807) is 30.3 Å². The normalized spacial score (nSPS) is 15.7. The van der Waals surface area contributed by atoms with Crippen LogP contribution < -0.4 is 30.3 Å². The molecule has 3 N–H and O–H groups in total. The second-order valence-corrected chi connectivity index (χ2v) is 6.70. The molecule has 1 aliphatic heterocycles. The van der Waals surface area contributed by atoms with Gasteiger partial charge in [-0.15, -0.1) is 0 Å². The second kappa shape index (κ2) is 9.16. The topological polar surface area (TPSA) is 126 Å². The smallest absolute Gasteiger partial charge is 0.328 e. The third-order valence-corrected chi connectivity index (χ3v) is 4.59. The number of rotatable bonds is 6. The summed E-state index contributed by atoms with van der Waals surface area (Å²) < 4.78 is 10.4. The highest BCUT2D eigenvalue weighted by molar-refractivity contribution is 6.23. The lowest BCUT2D eigenvalue weighted by molar-refractivity contribution is -0.130. The molecule has 0 spiro atoms.